The Balaban J connectivity index is 4.34. The van der Waals surface area contributed by atoms with Crippen molar-refractivity contribution in [3.8, 4) is 0 Å². The summed E-state index contributed by atoms with van der Waals surface area (Å²) in [4.78, 5) is 38.1. The molecule has 6 nitrogen and oxygen atoms in total. The van der Waals surface area contributed by atoms with E-state index in [0.717, 1.165) is 64.2 Å². The minimum absolute atomic E-state index is 0.0902. The number of hydrogen-bond acceptors (Lipinski definition) is 6. The van der Waals surface area contributed by atoms with E-state index in [-0.39, 0.29) is 37.5 Å². The predicted molar refractivity (Wildman–Crippen MR) is 298 cm³/mol. The van der Waals surface area contributed by atoms with E-state index in [1.54, 1.807) is 0 Å². The summed E-state index contributed by atoms with van der Waals surface area (Å²) in [5.74, 6) is -0.956. The molecule has 0 aliphatic heterocycles. The molecule has 69 heavy (non-hydrogen) atoms. The van der Waals surface area contributed by atoms with Crippen LogP contribution in [0.2, 0.25) is 0 Å². The number of ether oxygens (including phenoxy) is 3. The van der Waals surface area contributed by atoms with Crippen molar-refractivity contribution in [2.24, 2.45) is 0 Å². The zero-order chi connectivity index (χ0) is 50.0. The third kappa shape index (κ3) is 56.2. The number of rotatable bonds is 55. The second-order valence-electron chi connectivity index (χ2n) is 20.2. The summed E-state index contributed by atoms with van der Waals surface area (Å²) in [6.07, 6.45) is 71.3. The molecule has 0 aliphatic rings. The molecule has 0 amide bonds. The fraction of sp³-hybridized carbons (Fsp3) is 0.825. The summed E-state index contributed by atoms with van der Waals surface area (Å²) in [6.45, 7) is 6.51. The third-order valence-electron chi connectivity index (χ3n) is 13.4. The van der Waals surface area contributed by atoms with Crippen molar-refractivity contribution in [2.45, 2.75) is 322 Å². The SMILES string of the molecule is CC/C=C\C/C=C\C/C=C\C/C=C\CCC(=O)OCC(COC(=O)CCCCCCCCCCCCCCCCCCCCC)OC(=O)CCCCCCCCCCCCCCCCCCCCC. The van der Waals surface area contributed by atoms with E-state index in [0.29, 0.717) is 19.3 Å². The Hall–Kier alpha value is -2.63. The van der Waals surface area contributed by atoms with Gasteiger partial charge in [0.05, 0.1) is 0 Å². The number of carbonyl (C=O) groups is 3. The Morgan fingerprint density at radius 3 is 0.884 bits per heavy atom. The van der Waals surface area contributed by atoms with Crippen LogP contribution in [0.25, 0.3) is 0 Å². The maximum Gasteiger partial charge on any atom is 0.306 e. The maximum absolute atomic E-state index is 12.9. The van der Waals surface area contributed by atoms with Gasteiger partial charge in [-0.15, -0.1) is 0 Å². The molecule has 0 rings (SSSR count). The molecular formula is C63H114O6. The molecular weight excluding hydrogens is 853 g/mol. The summed E-state index contributed by atoms with van der Waals surface area (Å²) < 4.78 is 16.8. The van der Waals surface area contributed by atoms with E-state index < -0.39 is 6.10 Å². The maximum atomic E-state index is 12.9. The monoisotopic (exact) mass is 967 g/mol. The van der Waals surface area contributed by atoms with E-state index in [1.807, 2.05) is 6.08 Å². The fourth-order valence-electron chi connectivity index (χ4n) is 8.87. The molecule has 1 unspecified atom stereocenters. The van der Waals surface area contributed by atoms with Gasteiger partial charge in [-0.25, -0.2) is 0 Å². The quantitative estimate of drug-likeness (QED) is 0.0262. The first kappa shape index (κ1) is 66.4. The fourth-order valence-corrected chi connectivity index (χ4v) is 8.87. The van der Waals surface area contributed by atoms with Crippen molar-refractivity contribution in [1.82, 2.24) is 0 Å². The Kier molecular flexibility index (Phi) is 55.7. The van der Waals surface area contributed by atoms with Gasteiger partial charge in [-0.1, -0.05) is 301 Å². The molecule has 402 valence electrons. The summed E-state index contributed by atoms with van der Waals surface area (Å²) in [6, 6.07) is 0. The average molecular weight is 968 g/mol. The number of carbonyl (C=O) groups excluding carboxylic acids is 3. The van der Waals surface area contributed by atoms with Gasteiger partial charge in [0.1, 0.15) is 13.2 Å². The van der Waals surface area contributed by atoms with Crippen molar-refractivity contribution in [3.63, 3.8) is 0 Å². The van der Waals surface area contributed by atoms with Crippen LogP contribution in [0.5, 0.6) is 0 Å². The molecule has 0 spiro atoms. The summed E-state index contributed by atoms with van der Waals surface area (Å²) in [5, 5.41) is 0. The molecule has 0 saturated heterocycles. The zero-order valence-corrected chi connectivity index (χ0v) is 46.1. The van der Waals surface area contributed by atoms with Crippen molar-refractivity contribution in [3.05, 3.63) is 48.6 Å². The molecule has 0 heterocycles. The predicted octanol–water partition coefficient (Wildman–Crippen LogP) is 20.2. The standard InChI is InChI=1S/C63H114O6/c1-4-7-10-13-16-19-22-25-27-29-31-33-35-38-41-44-47-50-53-56-62(65)68-59-60(58-67-61(64)55-52-49-46-43-40-37-24-21-18-15-12-9-6-3)69-63(66)57-54-51-48-45-42-39-36-34-32-30-28-26-23-20-17-14-11-8-5-2/h9,12,18,21,37,40,46,49,60H,4-8,10-11,13-17,19-20,22-36,38-39,41-45,47-48,50-59H2,1-3H3/b12-9-,21-18-,40-37-,49-46-. The Bertz CT molecular complexity index is 1200. The zero-order valence-electron chi connectivity index (χ0n) is 46.1. The first-order valence-corrected chi connectivity index (χ1v) is 30.1. The van der Waals surface area contributed by atoms with Crippen LogP contribution < -0.4 is 0 Å². The van der Waals surface area contributed by atoms with E-state index >= 15 is 0 Å². The molecule has 6 heteroatoms. The van der Waals surface area contributed by atoms with Crippen LogP contribution in [0.1, 0.15) is 316 Å². The van der Waals surface area contributed by atoms with Gasteiger partial charge in [-0.05, 0) is 44.9 Å². The van der Waals surface area contributed by atoms with Gasteiger partial charge in [-0.3, -0.25) is 14.4 Å². The van der Waals surface area contributed by atoms with Crippen molar-refractivity contribution < 1.29 is 28.6 Å². The first-order chi connectivity index (χ1) is 34.0. The molecule has 0 aromatic carbocycles. The lowest BCUT2D eigenvalue weighted by Crippen LogP contribution is -2.30. The number of hydrogen-bond donors (Lipinski definition) is 0. The minimum atomic E-state index is -0.798. The van der Waals surface area contributed by atoms with Crippen LogP contribution >= 0.6 is 0 Å². The van der Waals surface area contributed by atoms with Crippen molar-refractivity contribution in [2.75, 3.05) is 13.2 Å². The lowest BCUT2D eigenvalue weighted by Gasteiger charge is -2.18. The van der Waals surface area contributed by atoms with Crippen LogP contribution in [0.4, 0.5) is 0 Å². The normalized spacial score (nSPS) is 12.3. The molecule has 0 bridgehead atoms. The molecule has 0 aromatic rings. The summed E-state index contributed by atoms with van der Waals surface area (Å²) >= 11 is 0. The largest absolute Gasteiger partial charge is 0.462 e. The molecule has 0 saturated carbocycles. The topological polar surface area (TPSA) is 78.9 Å². The second-order valence-corrected chi connectivity index (χ2v) is 20.2. The van der Waals surface area contributed by atoms with Gasteiger partial charge in [0.2, 0.25) is 0 Å². The van der Waals surface area contributed by atoms with Gasteiger partial charge >= 0.3 is 17.9 Å². The van der Waals surface area contributed by atoms with E-state index in [1.165, 1.54) is 205 Å². The minimum Gasteiger partial charge on any atom is -0.462 e. The highest BCUT2D eigenvalue weighted by atomic mass is 16.6. The highest BCUT2D eigenvalue weighted by Gasteiger charge is 2.19. The number of esters is 3. The Morgan fingerprint density at radius 2 is 0.565 bits per heavy atom. The average Bonchev–Trinajstić information content (AvgIpc) is 3.35. The lowest BCUT2D eigenvalue weighted by molar-refractivity contribution is -0.166. The van der Waals surface area contributed by atoms with Gasteiger partial charge in [0, 0.05) is 19.3 Å². The van der Waals surface area contributed by atoms with Crippen LogP contribution in [0.3, 0.4) is 0 Å². The highest BCUT2D eigenvalue weighted by molar-refractivity contribution is 5.71. The van der Waals surface area contributed by atoms with Crippen LogP contribution in [-0.4, -0.2) is 37.2 Å². The van der Waals surface area contributed by atoms with Crippen molar-refractivity contribution >= 4 is 17.9 Å². The van der Waals surface area contributed by atoms with E-state index in [4.69, 9.17) is 14.2 Å². The van der Waals surface area contributed by atoms with Gasteiger partial charge in [0.25, 0.3) is 0 Å². The Morgan fingerprint density at radius 1 is 0.304 bits per heavy atom. The molecule has 0 aliphatic carbocycles. The molecule has 0 fully saturated rings. The Labute approximate surface area is 428 Å². The van der Waals surface area contributed by atoms with E-state index in [2.05, 4.69) is 63.3 Å². The molecule has 0 N–H and O–H groups in total. The first-order valence-electron chi connectivity index (χ1n) is 30.1. The number of unbranched alkanes of at least 4 members (excludes halogenated alkanes) is 36. The van der Waals surface area contributed by atoms with Crippen LogP contribution in [0.15, 0.2) is 48.6 Å². The van der Waals surface area contributed by atoms with Gasteiger partial charge in [-0.2, -0.15) is 0 Å². The van der Waals surface area contributed by atoms with E-state index in [9.17, 15) is 14.4 Å². The molecule has 1 atom stereocenters. The van der Waals surface area contributed by atoms with Crippen LogP contribution in [0, 0.1) is 0 Å². The smallest absolute Gasteiger partial charge is 0.306 e. The van der Waals surface area contributed by atoms with Gasteiger partial charge in [0.15, 0.2) is 6.10 Å². The molecule has 0 aromatic heterocycles. The molecule has 0 radical (unpaired) electrons. The van der Waals surface area contributed by atoms with Gasteiger partial charge < -0.3 is 14.2 Å². The summed E-state index contributed by atoms with van der Waals surface area (Å²) in [7, 11) is 0. The highest BCUT2D eigenvalue weighted by Crippen LogP contribution is 2.17. The number of allylic oxidation sites excluding steroid dienone is 8. The van der Waals surface area contributed by atoms with Crippen molar-refractivity contribution in [1.29, 1.82) is 0 Å². The summed E-state index contributed by atoms with van der Waals surface area (Å²) in [5.41, 5.74) is 0. The second kappa shape index (κ2) is 57.9. The third-order valence-corrected chi connectivity index (χ3v) is 13.4. The van der Waals surface area contributed by atoms with Crippen LogP contribution in [-0.2, 0) is 28.6 Å². The lowest BCUT2D eigenvalue weighted by atomic mass is 10.0.